The van der Waals surface area contributed by atoms with Gasteiger partial charge in [0.15, 0.2) is 5.82 Å². The summed E-state index contributed by atoms with van der Waals surface area (Å²) >= 11 is 0. The molecule has 118 valence electrons. The van der Waals surface area contributed by atoms with Crippen molar-refractivity contribution < 1.29 is 9.32 Å². The summed E-state index contributed by atoms with van der Waals surface area (Å²) in [6.07, 6.45) is 0. The lowest BCUT2D eigenvalue weighted by Crippen LogP contribution is -2.38. The summed E-state index contributed by atoms with van der Waals surface area (Å²) in [4.78, 5) is 20.5. The van der Waals surface area contributed by atoms with Gasteiger partial charge in [-0.1, -0.05) is 29.4 Å². The standard InChI is InChI=1S/C16H22N4O2/c1-11-8-6-7-9-13(11)15(19(3)4)16(21)20(5)10-14-17-12(2)22-18-14/h6-9,15H,10H2,1-5H3/t15-/m0/s1. The van der Waals surface area contributed by atoms with Gasteiger partial charge in [0.1, 0.15) is 6.04 Å². The van der Waals surface area contributed by atoms with Crippen molar-refractivity contribution in [1.29, 1.82) is 0 Å². The zero-order chi connectivity index (χ0) is 16.3. The maximum absolute atomic E-state index is 12.8. The van der Waals surface area contributed by atoms with Crippen LogP contribution in [0.15, 0.2) is 28.8 Å². The average Bonchev–Trinajstić information content (AvgIpc) is 2.86. The maximum atomic E-state index is 12.8. The summed E-state index contributed by atoms with van der Waals surface area (Å²) in [7, 11) is 5.56. The molecule has 2 rings (SSSR count). The summed E-state index contributed by atoms with van der Waals surface area (Å²) in [5.74, 6) is 1.01. The lowest BCUT2D eigenvalue weighted by atomic mass is 9.99. The Kier molecular flexibility index (Phi) is 4.92. The zero-order valence-electron chi connectivity index (χ0n) is 13.7. The van der Waals surface area contributed by atoms with Gasteiger partial charge in [-0.05, 0) is 32.1 Å². The van der Waals surface area contributed by atoms with Crippen LogP contribution in [0.3, 0.4) is 0 Å². The first-order valence-corrected chi connectivity index (χ1v) is 7.16. The van der Waals surface area contributed by atoms with Gasteiger partial charge < -0.3 is 9.42 Å². The SMILES string of the molecule is Cc1nc(CN(C)C(=O)[C@H](c2ccccc2C)N(C)C)no1. The molecule has 0 saturated heterocycles. The van der Waals surface area contributed by atoms with E-state index in [1.807, 2.05) is 50.2 Å². The lowest BCUT2D eigenvalue weighted by Gasteiger charge is -2.29. The van der Waals surface area contributed by atoms with Crippen LogP contribution < -0.4 is 0 Å². The third-order valence-corrected chi connectivity index (χ3v) is 3.56. The molecule has 0 saturated carbocycles. The number of nitrogens with zero attached hydrogens (tertiary/aromatic N) is 4. The Balaban J connectivity index is 2.21. The summed E-state index contributed by atoms with van der Waals surface area (Å²) < 4.78 is 4.95. The van der Waals surface area contributed by atoms with Crippen LogP contribution in [0, 0.1) is 13.8 Å². The molecule has 0 bridgehead atoms. The first kappa shape index (κ1) is 16.2. The van der Waals surface area contributed by atoms with Crippen LogP contribution in [0.5, 0.6) is 0 Å². The average molecular weight is 302 g/mol. The predicted octanol–water partition coefficient (Wildman–Crippen LogP) is 1.95. The molecule has 0 radical (unpaired) electrons. The smallest absolute Gasteiger partial charge is 0.244 e. The van der Waals surface area contributed by atoms with Crippen molar-refractivity contribution >= 4 is 5.91 Å². The van der Waals surface area contributed by atoms with E-state index in [0.717, 1.165) is 11.1 Å². The van der Waals surface area contributed by atoms with Crippen molar-refractivity contribution in [2.24, 2.45) is 0 Å². The molecule has 0 fully saturated rings. The van der Waals surface area contributed by atoms with Crippen molar-refractivity contribution in [2.75, 3.05) is 21.1 Å². The number of hydrogen-bond acceptors (Lipinski definition) is 5. The Morgan fingerprint density at radius 2 is 1.91 bits per heavy atom. The molecule has 0 unspecified atom stereocenters. The van der Waals surface area contributed by atoms with Crippen LogP contribution in [0.1, 0.15) is 28.9 Å². The fourth-order valence-electron chi connectivity index (χ4n) is 2.43. The fraction of sp³-hybridized carbons (Fsp3) is 0.438. The second-order valence-electron chi connectivity index (χ2n) is 5.65. The van der Waals surface area contributed by atoms with E-state index in [-0.39, 0.29) is 11.9 Å². The number of rotatable bonds is 5. The molecule has 0 spiro atoms. The largest absolute Gasteiger partial charge is 0.340 e. The highest BCUT2D eigenvalue weighted by Gasteiger charge is 2.27. The molecular formula is C16H22N4O2. The molecule has 1 atom stereocenters. The number of carbonyl (C=O) groups excluding carboxylic acids is 1. The minimum absolute atomic E-state index is 0.00162. The van der Waals surface area contributed by atoms with Gasteiger partial charge in [0.05, 0.1) is 6.54 Å². The molecule has 0 aliphatic carbocycles. The van der Waals surface area contributed by atoms with E-state index in [2.05, 4.69) is 10.1 Å². The van der Waals surface area contributed by atoms with Gasteiger partial charge in [-0.2, -0.15) is 4.98 Å². The van der Waals surface area contributed by atoms with Gasteiger partial charge >= 0.3 is 0 Å². The second kappa shape index (κ2) is 6.70. The number of aryl methyl sites for hydroxylation is 2. The van der Waals surface area contributed by atoms with E-state index < -0.39 is 0 Å². The summed E-state index contributed by atoms with van der Waals surface area (Å²) in [5.41, 5.74) is 2.10. The summed E-state index contributed by atoms with van der Waals surface area (Å²) in [6.45, 7) is 4.07. The quantitative estimate of drug-likeness (QED) is 0.844. The lowest BCUT2D eigenvalue weighted by molar-refractivity contribution is -0.135. The van der Waals surface area contributed by atoms with Crippen molar-refractivity contribution in [3.8, 4) is 0 Å². The van der Waals surface area contributed by atoms with Gasteiger partial charge in [0, 0.05) is 14.0 Å². The summed E-state index contributed by atoms with van der Waals surface area (Å²) in [5, 5.41) is 3.84. The van der Waals surface area contributed by atoms with E-state index in [4.69, 9.17) is 4.52 Å². The van der Waals surface area contributed by atoms with Gasteiger partial charge in [-0.15, -0.1) is 0 Å². The monoisotopic (exact) mass is 302 g/mol. The number of benzene rings is 1. The van der Waals surface area contributed by atoms with E-state index in [9.17, 15) is 4.79 Å². The molecule has 6 nitrogen and oxygen atoms in total. The molecular weight excluding hydrogens is 280 g/mol. The van der Waals surface area contributed by atoms with Crippen molar-refractivity contribution in [3.63, 3.8) is 0 Å². The first-order chi connectivity index (χ1) is 10.4. The Labute approximate surface area is 130 Å². The van der Waals surface area contributed by atoms with Crippen LogP contribution >= 0.6 is 0 Å². The summed E-state index contributed by atoms with van der Waals surface area (Å²) in [6, 6.07) is 7.60. The Bertz CT molecular complexity index is 651. The number of carbonyl (C=O) groups is 1. The third-order valence-electron chi connectivity index (χ3n) is 3.56. The molecule has 2 aromatic rings. The van der Waals surface area contributed by atoms with E-state index in [1.54, 1.807) is 18.9 Å². The predicted molar refractivity (Wildman–Crippen MR) is 83.1 cm³/mol. The van der Waals surface area contributed by atoms with Crippen LogP contribution in [0.2, 0.25) is 0 Å². The van der Waals surface area contributed by atoms with Crippen LogP contribution in [-0.4, -0.2) is 47.0 Å². The highest BCUT2D eigenvalue weighted by molar-refractivity contribution is 5.83. The first-order valence-electron chi connectivity index (χ1n) is 7.16. The van der Waals surface area contributed by atoms with Crippen LogP contribution in [0.4, 0.5) is 0 Å². The van der Waals surface area contributed by atoms with Crippen molar-refractivity contribution in [1.82, 2.24) is 19.9 Å². The Morgan fingerprint density at radius 3 is 2.45 bits per heavy atom. The molecule has 1 aromatic carbocycles. The van der Waals surface area contributed by atoms with Gasteiger partial charge in [0.2, 0.25) is 11.8 Å². The molecule has 1 aromatic heterocycles. The van der Waals surface area contributed by atoms with Gasteiger partial charge in [-0.25, -0.2) is 0 Å². The number of hydrogen-bond donors (Lipinski definition) is 0. The van der Waals surface area contributed by atoms with E-state index >= 15 is 0 Å². The third kappa shape index (κ3) is 3.51. The number of aromatic nitrogens is 2. The van der Waals surface area contributed by atoms with Gasteiger partial charge in [-0.3, -0.25) is 9.69 Å². The maximum Gasteiger partial charge on any atom is 0.244 e. The molecule has 0 N–H and O–H groups in total. The Hall–Kier alpha value is -2.21. The topological polar surface area (TPSA) is 62.5 Å². The number of amides is 1. The number of likely N-dealkylation sites (N-methyl/N-ethyl adjacent to an activating group) is 2. The van der Waals surface area contributed by atoms with Crippen molar-refractivity contribution in [2.45, 2.75) is 26.4 Å². The van der Waals surface area contributed by atoms with E-state index in [1.165, 1.54) is 0 Å². The second-order valence-corrected chi connectivity index (χ2v) is 5.65. The fourth-order valence-corrected chi connectivity index (χ4v) is 2.43. The molecule has 0 aliphatic heterocycles. The minimum atomic E-state index is -0.334. The normalized spacial score (nSPS) is 12.5. The molecule has 1 heterocycles. The molecule has 1 amide bonds. The Morgan fingerprint density at radius 1 is 1.23 bits per heavy atom. The van der Waals surface area contributed by atoms with Crippen LogP contribution in [-0.2, 0) is 11.3 Å². The molecule has 0 aliphatic rings. The zero-order valence-corrected chi connectivity index (χ0v) is 13.7. The molecule has 6 heteroatoms. The van der Waals surface area contributed by atoms with E-state index in [0.29, 0.717) is 18.3 Å². The van der Waals surface area contributed by atoms with Gasteiger partial charge in [0.25, 0.3) is 0 Å². The highest BCUT2D eigenvalue weighted by Crippen LogP contribution is 2.24. The minimum Gasteiger partial charge on any atom is -0.340 e. The molecule has 22 heavy (non-hydrogen) atoms. The van der Waals surface area contributed by atoms with Crippen LogP contribution in [0.25, 0.3) is 0 Å². The van der Waals surface area contributed by atoms with Crippen molar-refractivity contribution in [3.05, 3.63) is 47.1 Å². The highest BCUT2D eigenvalue weighted by atomic mass is 16.5.